The van der Waals surface area contributed by atoms with E-state index in [1.807, 2.05) is 9.80 Å². The van der Waals surface area contributed by atoms with Crippen molar-refractivity contribution in [3.8, 4) is 0 Å². The largest absolute Gasteiger partial charge is 0.465 e. The van der Waals surface area contributed by atoms with Crippen LogP contribution in [0.2, 0.25) is 10.6 Å². The molecule has 2 saturated carbocycles. The van der Waals surface area contributed by atoms with Gasteiger partial charge in [-0.15, -0.1) is 0 Å². The highest BCUT2D eigenvalue weighted by molar-refractivity contribution is 6.28. The Kier molecular flexibility index (Phi) is 17.3. The van der Waals surface area contributed by atoms with E-state index in [0.29, 0.717) is 77.3 Å². The second-order valence-corrected chi connectivity index (χ2v) is 18.1. The van der Waals surface area contributed by atoms with Crippen molar-refractivity contribution in [2.45, 2.75) is 63.5 Å². The predicted octanol–water partition coefficient (Wildman–Crippen LogP) is 2.61. The van der Waals surface area contributed by atoms with Gasteiger partial charge in [0.2, 0.25) is 34.0 Å². The number of hydrogen-bond acceptors (Lipinski definition) is 16. The second-order valence-electron chi connectivity index (χ2n) is 17.4. The van der Waals surface area contributed by atoms with Crippen LogP contribution in [0, 0.1) is 35.3 Å². The Bertz CT molecular complexity index is 1890. The van der Waals surface area contributed by atoms with Crippen molar-refractivity contribution >= 4 is 70.5 Å². The number of carbonyl (C=O) groups excluding carboxylic acids is 2. The summed E-state index contributed by atoms with van der Waals surface area (Å²) in [4.78, 5) is 71.4. The van der Waals surface area contributed by atoms with Crippen molar-refractivity contribution in [1.29, 1.82) is 0 Å². The Morgan fingerprint density at radius 1 is 0.636 bits per heavy atom. The molecule has 0 spiro atoms. The molecule has 8 N–H and O–H groups in total. The van der Waals surface area contributed by atoms with Crippen LogP contribution in [-0.2, 0) is 19.1 Å². The Labute approximate surface area is 390 Å². The zero-order chi connectivity index (χ0) is 46.7. The van der Waals surface area contributed by atoms with E-state index >= 15 is 8.78 Å². The highest BCUT2D eigenvalue weighted by atomic mass is 35.5. The zero-order valence-corrected chi connectivity index (χ0v) is 38.0. The Morgan fingerprint density at radius 2 is 1.05 bits per heavy atom. The summed E-state index contributed by atoms with van der Waals surface area (Å²) in [6.45, 7) is 7.96. The van der Waals surface area contributed by atoms with Crippen molar-refractivity contribution < 1.29 is 47.6 Å². The van der Waals surface area contributed by atoms with Gasteiger partial charge in [-0.25, -0.2) is 9.59 Å². The number of hydrazine groups is 2. The van der Waals surface area contributed by atoms with Crippen LogP contribution in [0.15, 0.2) is 0 Å². The second kappa shape index (κ2) is 23.2. The number of nitrogens with one attached hydrogen (secondary N) is 6. The van der Waals surface area contributed by atoms with E-state index in [-0.39, 0.29) is 59.0 Å². The minimum absolute atomic E-state index is 0.0225. The fraction of sp³-hybridized carbons (Fsp3) is 0.700. The van der Waals surface area contributed by atoms with Gasteiger partial charge >= 0.3 is 12.2 Å². The fourth-order valence-electron chi connectivity index (χ4n) is 8.97. The van der Waals surface area contributed by atoms with Gasteiger partial charge in [0.15, 0.2) is 23.3 Å². The molecule has 6 fully saturated rings. The SMILES string of the molecule is O=C(O)NC[C@@H](CC1CCC1)C(=O)NNc1nc(Cl)nc(N2CCN3CCOC[C@@H]3C2)c1F.O=C(O)NC[C@@H](CC1CCC1)C(=O)NNc1nc(Cl)nc(N2CCN3CCOC[C@@H]3C2)c1F. The van der Waals surface area contributed by atoms with Gasteiger partial charge in [0.1, 0.15) is 0 Å². The van der Waals surface area contributed by atoms with Crippen LogP contribution in [0.4, 0.5) is 41.6 Å². The monoisotopic (exact) mass is 970 g/mol. The Balaban J connectivity index is 0.000000196. The highest BCUT2D eigenvalue weighted by Crippen LogP contribution is 2.34. The van der Waals surface area contributed by atoms with Crippen LogP contribution >= 0.6 is 23.2 Å². The number of hydrogen-bond donors (Lipinski definition) is 8. The number of morpholine rings is 2. The summed E-state index contributed by atoms with van der Waals surface area (Å²) in [6.07, 6.45) is 5.00. The maximum atomic E-state index is 15.3. The number of halogens is 4. The van der Waals surface area contributed by atoms with Crippen LogP contribution < -0.4 is 42.1 Å². The molecule has 4 amide bonds. The first-order valence-electron chi connectivity index (χ1n) is 22.5. The smallest absolute Gasteiger partial charge is 0.404 e. The summed E-state index contributed by atoms with van der Waals surface area (Å²) < 4.78 is 41.6. The first kappa shape index (κ1) is 49.0. The number of piperazine rings is 2. The van der Waals surface area contributed by atoms with Gasteiger partial charge in [-0.1, -0.05) is 38.5 Å². The lowest BCUT2D eigenvalue weighted by Gasteiger charge is -2.44. The number of carbonyl (C=O) groups is 4. The maximum absolute atomic E-state index is 15.3. The molecule has 0 unspecified atom stereocenters. The molecule has 6 heterocycles. The molecule has 8 rings (SSSR count). The third-order valence-corrected chi connectivity index (χ3v) is 13.5. The quantitative estimate of drug-likeness (QED) is 0.0888. The zero-order valence-electron chi connectivity index (χ0n) is 36.5. The number of amides is 4. The van der Waals surface area contributed by atoms with Gasteiger partial charge in [0, 0.05) is 65.4 Å². The van der Waals surface area contributed by atoms with Gasteiger partial charge in [0.05, 0.1) is 50.3 Å². The third kappa shape index (κ3) is 13.2. The molecule has 22 nitrogen and oxygen atoms in total. The van der Waals surface area contributed by atoms with E-state index in [2.05, 4.69) is 62.1 Å². The number of nitrogens with zero attached hydrogens (tertiary/aromatic N) is 8. The average molecular weight is 972 g/mol. The molecule has 6 aliphatic rings. The third-order valence-electron chi connectivity index (χ3n) is 13.1. The molecule has 4 aliphatic heterocycles. The lowest BCUT2D eigenvalue weighted by atomic mass is 9.79. The van der Waals surface area contributed by atoms with E-state index in [9.17, 15) is 19.2 Å². The summed E-state index contributed by atoms with van der Waals surface area (Å²) in [6, 6.07) is 0.288. The van der Waals surface area contributed by atoms with E-state index in [1.165, 1.54) is 0 Å². The number of aromatic nitrogens is 4. The topological polar surface area (TPSA) is 264 Å². The minimum atomic E-state index is -1.20. The molecule has 0 radical (unpaired) electrons. The number of fused-ring (bicyclic) bond motifs is 2. The van der Waals surface area contributed by atoms with Gasteiger partial charge in [-0.05, 0) is 47.9 Å². The average Bonchev–Trinajstić information content (AvgIpc) is 3.27. The Hall–Kier alpha value is -4.88. The first-order valence-corrected chi connectivity index (χ1v) is 23.2. The normalized spacial score (nSPS) is 22.1. The summed E-state index contributed by atoms with van der Waals surface area (Å²) in [5, 5.41) is 22.0. The molecular formula is C40H58Cl2F2N14O8. The van der Waals surface area contributed by atoms with Crippen LogP contribution in [-0.4, -0.2) is 168 Å². The highest BCUT2D eigenvalue weighted by Gasteiger charge is 2.35. The predicted molar refractivity (Wildman–Crippen MR) is 237 cm³/mol. The van der Waals surface area contributed by atoms with Crippen molar-refractivity contribution in [2.75, 3.05) is 113 Å². The number of anilines is 4. The van der Waals surface area contributed by atoms with Gasteiger partial charge < -0.3 is 40.1 Å². The van der Waals surface area contributed by atoms with Gasteiger partial charge in [-0.2, -0.15) is 28.7 Å². The summed E-state index contributed by atoms with van der Waals surface area (Å²) in [7, 11) is 0. The van der Waals surface area contributed by atoms with Crippen LogP contribution in [0.1, 0.15) is 51.4 Å². The van der Waals surface area contributed by atoms with Crippen LogP contribution in [0.3, 0.4) is 0 Å². The number of carboxylic acid groups (broad SMARTS) is 2. The molecule has 66 heavy (non-hydrogen) atoms. The lowest BCUT2D eigenvalue weighted by Crippen LogP contribution is -2.58. The fourth-order valence-corrected chi connectivity index (χ4v) is 9.30. The van der Waals surface area contributed by atoms with Crippen LogP contribution in [0.25, 0.3) is 0 Å². The molecule has 4 atom stereocenters. The maximum Gasteiger partial charge on any atom is 0.404 e. The molecule has 2 aromatic rings. The van der Waals surface area contributed by atoms with Crippen LogP contribution in [0.5, 0.6) is 0 Å². The number of rotatable bonds is 16. The standard InChI is InChI=1S/2C20H29ClFN7O4/c2*21-19-24-16(26-27-18(30)13(9-23-20(31)32)8-12-2-1-3-12)15(22)17(25-19)29-5-4-28-6-7-33-11-14(28)10-29/h2*12-14,23H,1-11H2,(H,27,30)(H,31,32)(H,24,25,26)/t2*13-,14+/m11/s1. The van der Waals surface area contributed by atoms with Crippen molar-refractivity contribution in [1.82, 2.24) is 51.2 Å². The summed E-state index contributed by atoms with van der Waals surface area (Å²) in [5.74, 6) is -3.08. The lowest BCUT2D eigenvalue weighted by molar-refractivity contribution is -0.125. The summed E-state index contributed by atoms with van der Waals surface area (Å²) >= 11 is 12.1. The van der Waals surface area contributed by atoms with Gasteiger partial charge in [-0.3, -0.25) is 41.1 Å². The molecule has 26 heteroatoms. The molecule has 4 saturated heterocycles. The van der Waals surface area contributed by atoms with Crippen molar-refractivity contribution in [3.05, 3.63) is 22.2 Å². The molecule has 0 aromatic carbocycles. The van der Waals surface area contributed by atoms with E-state index in [4.69, 9.17) is 42.9 Å². The Morgan fingerprint density at radius 3 is 1.41 bits per heavy atom. The first-order chi connectivity index (χ1) is 31.8. The molecule has 2 aliphatic carbocycles. The van der Waals surface area contributed by atoms with E-state index in [1.54, 1.807) is 0 Å². The van der Waals surface area contributed by atoms with E-state index in [0.717, 1.165) is 64.7 Å². The summed E-state index contributed by atoms with van der Waals surface area (Å²) in [5.41, 5.74) is 9.96. The number of ether oxygens (including phenoxy) is 2. The molecule has 2 aromatic heterocycles. The van der Waals surface area contributed by atoms with Crippen molar-refractivity contribution in [3.63, 3.8) is 0 Å². The van der Waals surface area contributed by atoms with Gasteiger partial charge in [0.25, 0.3) is 0 Å². The molecule has 364 valence electrons. The minimum Gasteiger partial charge on any atom is -0.465 e. The molecule has 0 bridgehead atoms. The van der Waals surface area contributed by atoms with Crippen molar-refractivity contribution in [2.24, 2.45) is 23.7 Å². The molecular weight excluding hydrogens is 913 g/mol. The van der Waals surface area contributed by atoms with E-state index < -0.39 is 47.5 Å².